The molecule has 0 aromatic carbocycles. The highest BCUT2D eigenvalue weighted by Crippen LogP contribution is 2.20. The Bertz CT molecular complexity index is 599. The molecule has 22 heavy (non-hydrogen) atoms. The van der Waals surface area contributed by atoms with Crippen molar-refractivity contribution in [2.45, 2.75) is 26.4 Å². The largest absolute Gasteiger partial charge is 0.444 e. The Morgan fingerprint density at radius 3 is 2.45 bits per heavy atom. The van der Waals surface area contributed by atoms with Crippen molar-refractivity contribution in [3.8, 4) is 6.07 Å². The van der Waals surface area contributed by atoms with E-state index in [2.05, 4.69) is 4.98 Å². The van der Waals surface area contributed by atoms with Crippen LogP contribution >= 0.6 is 11.6 Å². The van der Waals surface area contributed by atoms with Crippen molar-refractivity contribution in [3.05, 3.63) is 22.8 Å². The van der Waals surface area contributed by atoms with Gasteiger partial charge in [0.1, 0.15) is 22.6 Å². The van der Waals surface area contributed by atoms with Crippen LogP contribution in [-0.4, -0.2) is 47.8 Å². The van der Waals surface area contributed by atoms with Gasteiger partial charge in [0.2, 0.25) is 0 Å². The molecular weight excluding hydrogens is 304 g/mol. The van der Waals surface area contributed by atoms with Gasteiger partial charge in [-0.15, -0.1) is 0 Å². The lowest BCUT2D eigenvalue weighted by Gasteiger charge is -2.36. The van der Waals surface area contributed by atoms with Crippen LogP contribution in [0.5, 0.6) is 0 Å². The Morgan fingerprint density at radius 1 is 1.32 bits per heavy atom. The molecule has 1 amide bonds. The van der Waals surface area contributed by atoms with Gasteiger partial charge >= 0.3 is 6.09 Å². The number of nitrogens with zero attached hydrogens (tertiary/aromatic N) is 4. The third kappa shape index (κ3) is 4.01. The average molecular weight is 323 g/mol. The van der Waals surface area contributed by atoms with Crippen LogP contribution in [0, 0.1) is 11.3 Å². The van der Waals surface area contributed by atoms with Crippen LogP contribution in [0.4, 0.5) is 10.6 Å². The number of carbonyl (C=O) groups excluding carboxylic acids is 1. The Balaban J connectivity index is 1.96. The number of anilines is 1. The first-order valence-electron chi connectivity index (χ1n) is 7.09. The van der Waals surface area contributed by atoms with Gasteiger partial charge in [0.05, 0.1) is 5.56 Å². The van der Waals surface area contributed by atoms with Crippen molar-refractivity contribution in [2.24, 2.45) is 0 Å². The molecule has 0 bridgehead atoms. The molecule has 0 N–H and O–H groups in total. The minimum atomic E-state index is -0.490. The van der Waals surface area contributed by atoms with E-state index in [1.165, 1.54) is 0 Å². The van der Waals surface area contributed by atoms with Crippen molar-refractivity contribution in [2.75, 3.05) is 31.1 Å². The number of aromatic nitrogens is 1. The van der Waals surface area contributed by atoms with Gasteiger partial charge in [-0.2, -0.15) is 5.26 Å². The van der Waals surface area contributed by atoms with Gasteiger partial charge in [0.25, 0.3) is 0 Å². The summed E-state index contributed by atoms with van der Waals surface area (Å²) in [6, 6.07) is 5.42. The minimum absolute atomic E-state index is 0.203. The van der Waals surface area contributed by atoms with Crippen LogP contribution < -0.4 is 4.90 Å². The normalized spacial score (nSPS) is 15.4. The number of nitriles is 1. The van der Waals surface area contributed by atoms with E-state index in [1.807, 2.05) is 31.7 Å². The summed E-state index contributed by atoms with van der Waals surface area (Å²) in [6.45, 7) is 7.98. The molecule has 0 unspecified atom stereocenters. The van der Waals surface area contributed by atoms with Gasteiger partial charge in [-0.3, -0.25) is 0 Å². The number of rotatable bonds is 1. The predicted octanol–water partition coefficient (Wildman–Crippen LogP) is 2.66. The van der Waals surface area contributed by atoms with Crippen LogP contribution in [0.2, 0.25) is 5.15 Å². The van der Waals surface area contributed by atoms with Crippen LogP contribution in [0.3, 0.4) is 0 Å². The van der Waals surface area contributed by atoms with Crippen molar-refractivity contribution in [1.29, 1.82) is 5.26 Å². The van der Waals surface area contributed by atoms with Crippen LogP contribution in [-0.2, 0) is 4.74 Å². The Hall–Kier alpha value is -2.00. The Morgan fingerprint density at radius 2 is 1.95 bits per heavy atom. The molecule has 0 spiro atoms. The quantitative estimate of drug-likeness (QED) is 0.743. The number of halogens is 1. The van der Waals surface area contributed by atoms with E-state index in [0.29, 0.717) is 37.6 Å². The van der Waals surface area contributed by atoms with Crippen LogP contribution in [0.15, 0.2) is 12.1 Å². The third-order valence-corrected chi connectivity index (χ3v) is 3.50. The third-order valence-electron chi connectivity index (χ3n) is 3.21. The van der Waals surface area contributed by atoms with Gasteiger partial charge in [-0.25, -0.2) is 9.78 Å². The number of hydrogen-bond donors (Lipinski definition) is 0. The van der Waals surface area contributed by atoms with E-state index < -0.39 is 5.60 Å². The van der Waals surface area contributed by atoms with E-state index >= 15 is 0 Å². The van der Waals surface area contributed by atoms with Crippen molar-refractivity contribution in [3.63, 3.8) is 0 Å². The van der Waals surface area contributed by atoms with E-state index in [9.17, 15) is 4.79 Å². The smallest absolute Gasteiger partial charge is 0.410 e. The molecule has 1 aliphatic heterocycles. The zero-order valence-electron chi connectivity index (χ0n) is 13.0. The summed E-state index contributed by atoms with van der Waals surface area (Å²) < 4.78 is 5.36. The molecule has 0 aliphatic carbocycles. The zero-order chi connectivity index (χ0) is 16.3. The van der Waals surface area contributed by atoms with E-state index in [1.54, 1.807) is 17.0 Å². The molecule has 1 saturated heterocycles. The van der Waals surface area contributed by atoms with Crippen molar-refractivity contribution < 1.29 is 9.53 Å². The summed E-state index contributed by atoms with van der Waals surface area (Å²) in [6.07, 6.45) is -0.294. The topological polar surface area (TPSA) is 69.5 Å². The first kappa shape index (κ1) is 16.4. The fraction of sp³-hybridized carbons (Fsp3) is 0.533. The SMILES string of the molecule is CC(C)(C)OC(=O)N1CCN(c2ccc(C#N)c(Cl)n2)CC1. The van der Waals surface area contributed by atoms with Crippen molar-refractivity contribution in [1.82, 2.24) is 9.88 Å². The van der Waals surface area contributed by atoms with E-state index in [4.69, 9.17) is 21.6 Å². The molecule has 7 heteroatoms. The fourth-order valence-corrected chi connectivity index (χ4v) is 2.32. The minimum Gasteiger partial charge on any atom is -0.444 e. The molecule has 2 heterocycles. The standard InChI is InChI=1S/C15H19ClN4O2/c1-15(2,3)22-14(21)20-8-6-19(7-9-20)12-5-4-11(10-17)13(16)18-12/h4-5H,6-9H2,1-3H3. The summed E-state index contributed by atoms with van der Waals surface area (Å²) in [5, 5.41) is 9.07. The van der Waals surface area contributed by atoms with Crippen LogP contribution in [0.25, 0.3) is 0 Å². The monoisotopic (exact) mass is 322 g/mol. The van der Waals surface area contributed by atoms with Gasteiger partial charge in [-0.1, -0.05) is 11.6 Å². The highest BCUT2D eigenvalue weighted by Gasteiger charge is 2.26. The maximum atomic E-state index is 12.0. The number of pyridine rings is 1. The van der Waals surface area contributed by atoms with Gasteiger partial charge < -0.3 is 14.5 Å². The second-order valence-electron chi connectivity index (χ2n) is 6.07. The molecule has 0 radical (unpaired) electrons. The number of hydrogen-bond acceptors (Lipinski definition) is 5. The van der Waals surface area contributed by atoms with E-state index in [-0.39, 0.29) is 11.2 Å². The number of ether oxygens (including phenoxy) is 1. The molecule has 1 aromatic heterocycles. The zero-order valence-corrected chi connectivity index (χ0v) is 13.7. The predicted molar refractivity (Wildman–Crippen MR) is 84.0 cm³/mol. The van der Waals surface area contributed by atoms with Gasteiger partial charge in [0.15, 0.2) is 0 Å². The fourth-order valence-electron chi connectivity index (χ4n) is 2.13. The number of piperazine rings is 1. The molecule has 2 rings (SSSR count). The maximum absolute atomic E-state index is 12.0. The molecule has 118 valence electrons. The lowest BCUT2D eigenvalue weighted by Crippen LogP contribution is -2.50. The van der Waals surface area contributed by atoms with Crippen molar-refractivity contribution >= 4 is 23.5 Å². The molecule has 1 aromatic rings. The highest BCUT2D eigenvalue weighted by atomic mass is 35.5. The first-order chi connectivity index (χ1) is 10.3. The summed E-state index contributed by atoms with van der Waals surface area (Å²) >= 11 is 5.96. The summed E-state index contributed by atoms with van der Waals surface area (Å²) in [5.41, 5.74) is -0.131. The summed E-state index contributed by atoms with van der Waals surface area (Å²) in [7, 11) is 0. The number of amides is 1. The molecule has 1 aliphatic rings. The molecule has 6 nitrogen and oxygen atoms in total. The molecule has 0 atom stereocenters. The second kappa shape index (κ2) is 6.41. The summed E-state index contributed by atoms with van der Waals surface area (Å²) in [4.78, 5) is 20.0. The van der Waals surface area contributed by atoms with Crippen LogP contribution in [0.1, 0.15) is 26.3 Å². The van der Waals surface area contributed by atoms with Gasteiger partial charge in [-0.05, 0) is 32.9 Å². The highest BCUT2D eigenvalue weighted by molar-refractivity contribution is 6.30. The summed E-state index contributed by atoms with van der Waals surface area (Å²) in [5.74, 6) is 0.716. The lowest BCUT2D eigenvalue weighted by atomic mass is 10.2. The molecule has 0 saturated carbocycles. The average Bonchev–Trinajstić information content (AvgIpc) is 2.45. The first-order valence-corrected chi connectivity index (χ1v) is 7.47. The molecule has 1 fully saturated rings. The van der Waals surface area contributed by atoms with E-state index in [0.717, 1.165) is 0 Å². The molecular formula is C15H19ClN4O2. The Kier molecular flexibility index (Phi) is 4.77. The Labute approximate surface area is 135 Å². The maximum Gasteiger partial charge on any atom is 0.410 e. The second-order valence-corrected chi connectivity index (χ2v) is 6.43. The number of carbonyl (C=O) groups is 1. The lowest BCUT2D eigenvalue weighted by molar-refractivity contribution is 0.0240. The van der Waals surface area contributed by atoms with Gasteiger partial charge in [0, 0.05) is 26.2 Å².